The molecule has 8 heteroatoms. The van der Waals surface area contributed by atoms with Crippen LogP contribution in [0.1, 0.15) is 29.6 Å². The van der Waals surface area contributed by atoms with Crippen molar-refractivity contribution in [1.82, 2.24) is 4.31 Å². The van der Waals surface area contributed by atoms with Gasteiger partial charge in [-0.15, -0.1) is 0 Å². The van der Waals surface area contributed by atoms with Gasteiger partial charge in [-0.3, -0.25) is 0 Å². The molecule has 6 nitrogen and oxygen atoms in total. The van der Waals surface area contributed by atoms with E-state index in [0.717, 1.165) is 12.8 Å². The quantitative estimate of drug-likeness (QED) is 0.837. The molecule has 0 amide bonds. The Kier molecular flexibility index (Phi) is 5.44. The summed E-state index contributed by atoms with van der Waals surface area (Å²) < 4.78 is 31.9. The average Bonchev–Trinajstić information content (AvgIpc) is 2.54. The minimum Gasteiger partial charge on any atom is -0.465 e. The summed E-state index contributed by atoms with van der Waals surface area (Å²) in [7, 11) is -2.66. The number of carbonyl (C=O) groups excluding carboxylic acids is 1. The molecule has 1 aliphatic rings. The molecule has 0 radical (unpaired) electrons. The number of esters is 1. The van der Waals surface area contributed by atoms with E-state index in [1.165, 1.54) is 29.6 Å². The van der Waals surface area contributed by atoms with Crippen LogP contribution in [0.25, 0.3) is 0 Å². The van der Waals surface area contributed by atoms with Crippen LogP contribution in [0.5, 0.6) is 0 Å². The fourth-order valence-corrected chi connectivity index (χ4v) is 4.79. The molecule has 0 spiro atoms. The number of piperidine rings is 1. The third-order valence-electron chi connectivity index (χ3n) is 3.78. The molecule has 2 N–H and O–H groups in total. The number of rotatable bonds is 4. The minimum atomic E-state index is -3.86. The van der Waals surface area contributed by atoms with Gasteiger partial charge in [-0.25, -0.2) is 13.2 Å². The summed E-state index contributed by atoms with van der Waals surface area (Å²) in [5.74, 6) is -0.712. The monoisotopic (exact) mass is 346 g/mol. The zero-order valence-corrected chi connectivity index (χ0v) is 13.9. The highest BCUT2D eigenvalue weighted by Gasteiger charge is 2.35. The highest BCUT2D eigenvalue weighted by Crippen LogP contribution is 2.29. The van der Waals surface area contributed by atoms with Gasteiger partial charge in [0.25, 0.3) is 0 Å². The van der Waals surface area contributed by atoms with Gasteiger partial charge in [-0.2, -0.15) is 4.31 Å². The number of carbonyl (C=O) groups is 1. The van der Waals surface area contributed by atoms with Crippen molar-refractivity contribution < 1.29 is 17.9 Å². The molecule has 0 aliphatic carbocycles. The molecule has 1 fully saturated rings. The predicted molar refractivity (Wildman–Crippen MR) is 83.4 cm³/mol. The lowest BCUT2D eigenvalue weighted by molar-refractivity contribution is 0.0596. The van der Waals surface area contributed by atoms with Gasteiger partial charge in [0.15, 0.2) is 0 Å². The van der Waals surface area contributed by atoms with Gasteiger partial charge < -0.3 is 10.5 Å². The summed E-state index contributed by atoms with van der Waals surface area (Å²) in [5.41, 5.74) is 5.68. The first-order valence-electron chi connectivity index (χ1n) is 7.01. The van der Waals surface area contributed by atoms with Crippen LogP contribution in [0.2, 0.25) is 5.02 Å². The third kappa shape index (κ3) is 3.27. The van der Waals surface area contributed by atoms with Crippen molar-refractivity contribution in [2.24, 2.45) is 5.73 Å². The molecular weight excluding hydrogens is 328 g/mol. The molecule has 1 saturated heterocycles. The first-order chi connectivity index (χ1) is 10.4. The van der Waals surface area contributed by atoms with Crippen LogP contribution in [-0.4, -0.2) is 44.9 Å². The number of benzene rings is 1. The first-order valence-corrected chi connectivity index (χ1v) is 8.83. The second-order valence-electron chi connectivity index (χ2n) is 5.13. The average molecular weight is 347 g/mol. The fraction of sp³-hybridized carbons (Fsp3) is 0.500. The number of hydrogen-bond acceptors (Lipinski definition) is 5. The van der Waals surface area contributed by atoms with Crippen LogP contribution < -0.4 is 5.73 Å². The Bertz CT molecular complexity index is 663. The molecule has 0 bridgehead atoms. The van der Waals surface area contributed by atoms with Crippen molar-refractivity contribution in [2.75, 3.05) is 20.2 Å². The van der Waals surface area contributed by atoms with E-state index >= 15 is 0 Å². The van der Waals surface area contributed by atoms with E-state index in [2.05, 4.69) is 4.74 Å². The minimum absolute atomic E-state index is 0.0201. The molecule has 1 aromatic carbocycles. The van der Waals surface area contributed by atoms with Gasteiger partial charge in [-0.1, -0.05) is 18.0 Å². The van der Waals surface area contributed by atoms with Crippen molar-refractivity contribution in [3.05, 3.63) is 28.8 Å². The van der Waals surface area contributed by atoms with Crippen LogP contribution in [-0.2, 0) is 14.8 Å². The maximum atomic E-state index is 13.0. The molecule has 1 heterocycles. The zero-order chi connectivity index (χ0) is 16.3. The highest BCUT2D eigenvalue weighted by atomic mass is 35.5. The van der Waals surface area contributed by atoms with Crippen molar-refractivity contribution in [2.45, 2.75) is 30.2 Å². The molecule has 1 atom stereocenters. The summed E-state index contributed by atoms with van der Waals surface area (Å²) in [4.78, 5) is 11.7. The van der Waals surface area contributed by atoms with Gasteiger partial charge >= 0.3 is 5.97 Å². The highest BCUT2D eigenvalue weighted by molar-refractivity contribution is 7.89. The van der Waals surface area contributed by atoms with E-state index in [9.17, 15) is 13.2 Å². The Labute approximate surface area is 135 Å². The number of sulfonamides is 1. The maximum Gasteiger partial charge on any atom is 0.339 e. The SMILES string of the molecule is COC(=O)c1ccc(Cl)cc1S(=O)(=O)N1CCCCC1CN. The van der Waals surface area contributed by atoms with Gasteiger partial charge in [0.2, 0.25) is 10.0 Å². The van der Waals surface area contributed by atoms with Crippen LogP contribution in [0, 0.1) is 0 Å². The van der Waals surface area contributed by atoms with Crippen molar-refractivity contribution in [1.29, 1.82) is 0 Å². The zero-order valence-electron chi connectivity index (χ0n) is 12.3. The summed E-state index contributed by atoms with van der Waals surface area (Å²) in [6.07, 6.45) is 2.42. The number of ether oxygens (including phenoxy) is 1. The summed E-state index contributed by atoms with van der Waals surface area (Å²) >= 11 is 5.92. The van der Waals surface area contributed by atoms with E-state index in [1.54, 1.807) is 0 Å². The molecular formula is C14H19ClN2O4S. The van der Waals surface area contributed by atoms with E-state index in [0.29, 0.717) is 13.0 Å². The van der Waals surface area contributed by atoms with Crippen molar-refractivity contribution in [3.63, 3.8) is 0 Å². The molecule has 122 valence electrons. The largest absolute Gasteiger partial charge is 0.465 e. The van der Waals surface area contributed by atoms with E-state index in [-0.39, 0.29) is 28.1 Å². The second-order valence-corrected chi connectivity index (χ2v) is 7.43. The molecule has 22 heavy (non-hydrogen) atoms. The maximum absolute atomic E-state index is 13.0. The summed E-state index contributed by atoms with van der Waals surface area (Å²) in [6.45, 7) is 0.630. The van der Waals surface area contributed by atoms with E-state index < -0.39 is 16.0 Å². The number of halogens is 1. The number of nitrogens with zero attached hydrogens (tertiary/aromatic N) is 1. The summed E-state index contributed by atoms with van der Waals surface area (Å²) in [5, 5.41) is 0.243. The van der Waals surface area contributed by atoms with Crippen molar-refractivity contribution in [3.8, 4) is 0 Å². The van der Waals surface area contributed by atoms with Crippen molar-refractivity contribution >= 4 is 27.6 Å². The molecule has 1 aromatic rings. The Morgan fingerprint density at radius 2 is 2.18 bits per heavy atom. The van der Waals surface area contributed by atoms with Crippen LogP contribution >= 0.6 is 11.6 Å². The predicted octanol–water partition coefficient (Wildman–Crippen LogP) is 1.63. The molecule has 0 saturated carbocycles. The standard InChI is InChI=1S/C14H19ClN2O4S/c1-21-14(18)12-6-5-10(15)8-13(12)22(19,20)17-7-3-2-4-11(17)9-16/h5-6,8,11H,2-4,7,9,16H2,1H3. The van der Waals surface area contributed by atoms with Gasteiger partial charge in [0.1, 0.15) is 0 Å². The number of hydrogen-bond donors (Lipinski definition) is 1. The van der Waals surface area contributed by atoms with Gasteiger partial charge in [-0.05, 0) is 31.0 Å². The molecule has 1 aliphatic heterocycles. The Balaban J connectivity index is 2.53. The van der Waals surface area contributed by atoms with E-state index in [4.69, 9.17) is 17.3 Å². The molecule has 1 unspecified atom stereocenters. The Morgan fingerprint density at radius 3 is 2.82 bits per heavy atom. The number of nitrogens with two attached hydrogens (primary N) is 1. The number of methoxy groups -OCH3 is 1. The molecule has 2 rings (SSSR count). The normalized spacial score (nSPS) is 19.9. The van der Waals surface area contributed by atoms with Crippen LogP contribution in [0.15, 0.2) is 23.1 Å². The second kappa shape index (κ2) is 6.95. The lowest BCUT2D eigenvalue weighted by atomic mass is 10.1. The van der Waals surface area contributed by atoms with Crippen LogP contribution in [0.4, 0.5) is 0 Å². The topological polar surface area (TPSA) is 89.7 Å². The van der Waals surface area contributed by atoms with E-state index in [1.807, 2.05) is 0 Å². The first kappa shape index (κ1) is 17.2. The summed E-state index contributed by atoms with van der Waals surface area (Å²) in [6, 6.07) is 3.85. The fourth-order valence-electron chi connectivity index (χ4n) is 2.64. The van der Waals surface area contributed by atoms with Crippen LogP contribution in [0.3, 0.4) is 0 Å². The Hall–Kier alpha value is -1.15. The Morgan fingerprint density at radius 1 is 1.45 bits per heavy atom. The smallest absolute Gasteiger partial charge is 0.339 e. The lowest BCUT2D eigenvalue weighted by Gasteiger charge is -2.34. The molecule has 0 aromatic heterocycles. The van der Waals surface area contributed by atoms with Gasteiger partial charge in [0, 0.05) is 24.2 Å². The third-order valence-corrected chi connectivity index (χ3v) is 6.01. The van der Waals surface area contributed by atoms with Gasteiger partial charge in [0.05, 0.1) is 17.6 Å². The lowest BCUT2D eigenvalue weighted by Crippen LogP contribution is -2.47.